The van der Waals surface area contributed by atoms with E-state index in [0.29, 0.717) is 70.2 Å². The number of carbonyl (C=O) groups is 8. The summed E-state index contributed by atoms with van der Waals surface area (Å²) in [5, 5.41) is 0. The molecule has 79 heavy (non-hydrogen) atoms. The molecule has 5 saturated heterocycles. The van der Waals surface area contributed by atoms with Crippen LogP contribution < -0.4 is 9.80 Å². The van der Waals surface area contributed by atoms with Crippen LogP contribution in [0.1, 0.15) is 98.6 Å². The van der Waals surface area contributed by atoms with E-state index in [1.807, 2.05) is 90.1 Å². The number of fused-ring (bicyclic) bond motifs is 24. The van der Waals surface area contributed by atoms with Gasteiger partial charge in [0, 0.05) is 78.6 Å². The molecule has 0 radical (unpaired) electrons. The number of nitrogens with zero attached hydrogens (tertiary/aromatic N) is 6. The van der Waals surface area contributed by atoms with Gasteiger partial charge in [0.2, 0.25) is 0 Å². The van der Waals surface area contributed by atoms with Gasteiger partial charge in [0.1, 0.15) is 24.2 Å². The largest absolute Gasteiger partial charge is 0.451 e. The second-order valence-corrected chi connectivity index (χ2v) is 23.0. The monoisotopic (exact) mass is 1100 g/mol. The van der Waals surface area contributed by atoms with Gasteiger partial charge in [0.05, 0.1) is 26.4 Å². The van der Waals surface area contributed by atoms with Gasteiger partial charge in [-0.05, 0) is 105 Å². The number of anilines is 2. The molecule has 5 heterocycles. The quantitative estimate of drug-likeness (QED) is 0.179. The van der Waals surface area contributed by atoms with Crippen molar-refractivity contribution in [1.82, 2.24) is 19.6 Å². The highest BCUT2D eigenvalue weighted by Crippen LogP contribution is 2.29. The summed E-state index contributed by atoms with van der Waals surface area (Å²) in [5.41, 5.74) is 3.20. The molecule has 20 heteroatoms. The Labute approximate surface area is 466 Å². The van der Waals surface area contributed by atoms with E-state index in [-0.39, 0.29) is 62.2 Å². The lowest BCUT2D eigenvalue weighted by Gasteiger charge is -2.37. The number of esters is 4. The van der Waals surface area contributed by atoms with E-state index in [1.165, 1.54) is 56.7 Å². The molecular formula is C59H86N6O14. The molecule has 2 aromatic rings. The summed E-state index contributed by atoms with van der Waals surface area (Å²) >= 11 is 0. The molecule has 436 valence electrons. The Morgan fingerprint density at radius 3 is 1.18 bits per heavy atom. The van der Waals surface area contributed by atoms with Gasteiger partial charge < -0.3 is 57.8 Å². The van der Waals surface area contributed by atoms with Crippen molar-refractivity contribution in [2.24, 2.45) is 23.7 Å². The molecule has 4 amide bonds. The summed E-state index contributed by atoms with van der Waals surface area (Å²) in [6.45, 7) is 19.2. The molecule has 5 fully saturated rings. The van der Waals surface area contributed by atoms with Crippen LogP contribution in [0.25, 0.3) is 0 Å². The van der Waals surface area contributed by atoms with Crippen molar-refractivity contribution >= 4 is 58.9 Å². The van der Waals surface area contributed by atoms with Gasteiger partial charge in [0.25, 0.3) is 23.6 Å². The minimum Gasteiger partial charge on any atom is -0.451 e. The highest BCUT2D eigenvalue weighted by Gasteiger charge is 2.44. The van der Waals surface area contributed by atoms with E-state index < -0.39 is 96.1 Å². The van der Waals surface area contributed by atoms with Gasteiger partial charge in [-0.3, -0.25) is 19.2 Å². The zero-order valence-electron chi connectivity index (χ0n) is 48.6. The molecule has 0 spiro atoms. The highest BCUT2D eigenvalue weighted by molar-refractivity contribution is 5.94. The number of morpholine rings is 2. The zero-order valence-corrected chi connectivity index (χ0v) is 48.6. The normalized spacial score (nSPS) is 28.5. The molecule has 0 aliphatic carbocycles. The summed E-state index contributed by atoms with van der Waals surface area (Å²) in [7, 11) is 5.67. The smallest absolute Gasteiger partial charge is 0.329 e. The Balaban J connectivity index is 1.42. The van der Waals surface area contributed by atoms with Crippen LogP contribution in [0.2, 0.25) is 0 Å². The van der Waals surface area contributed by atoms with Crippen molar-refractivity contribution in [2.45, 2.75) is 149 Å². The summed E-state index contributed by atoms with van der Waals surface area (Å²) in [5.74, 6) is -7.35. The fraction of sp³-hybridized carbons (Fsp3) is 0.661. The third-order valence-corrected chi connectivity index (χ3v) is 15.6. The lowest BCUT2D eigenvalue weighted by molar-refractivity contribution is -0.176. The average molecular weight is 1100 g/mol. The third kappa shape index (κ3) is 16.4. The molecule has 20 nitrogen and oxygen atoms in total. The molecule has 10 atom stereocenters. The Kier molecular flexibility index (Phi) is 22.1. The van der Waals surface area contributed by atoms with Crippen molar-refractivity contribution in [3.63, 3.8) is 0 Å². The molecule has 5 aliphatic rings. The van der Waals surface area contributed by atoms with Gasteiger partial charge in [0.15, 0.2) is 24.4 Å². The Bertz CT molecular complexity index is 2360. The number of carbonyl (C=O) groups excluding carboxylic acids is 8. The standard InChI is InChI=1S/C59H86N6O14/c1-36(2)29-46-56(70)76-40(7)52(66)60(9)47(30-37(3)4)58(72)78-51(35-43-15-19-45(20-16-43)65-23-27-75-28-24-65)55(69)63(12)48-32-38(5)31-39(6)33-49(61(10)53(67)41(8)77-57(48)71)59(73)79-50(54(68)62(46)11)34-42-13-17-44(18-14-42)64-21-25-74-26-22-64/h13-20,36-41,46-51H,21-35H2,1-12H3. The lowest BCUT2D eigenvalue weighted by atomic mass is 9.87. The second-order valence-electron chi connectivity index (χ2n) is 23.0. The van der Waals surface area contributed by atoms with E-state index >= 15 is 9.59 Å². The van der Waals surface area contributed by atoms with Crippen molar-refractivity contribution in [1.29, 1.82) is 0 Å². The van der Waals surface area contributed by atoms with Crippen molar-refractivity contribution in [3.05, 3.63) is 59.7 Å². The molecule has 0 aromatic heterocycles. The van der Waals surface area contributed by atoms with Crippen molar-refractivity contribution in [2.75, 3.05) is 90.6 Å². The molecule has 2 bridgehead atoms. The van der Waals surface area contributed by atoms with Gasteiger partial charge in [-0.15, -0.1) is 0 Å². The van der Waals surface area contributed by atoms with Crippen LogP contribution in [-0.4, -0.2) is 196 Å². The zero-order chi connectivity index (χ0) is 57.8. The van der Waals surface area contributed by atoms with Gasteiger partial charge in [-0.2, -0.15) is 0 Å². The van der Waals surface area contributed by atoms with Crippen LogP contribution in [0.15, 0.2) is 48.5 Å². The fourth-order valence-electron chi connectivity index (χ4n) is 11.0. The minimum absolute atomic E-state index is 0.0841. The molecule has 7 rings (SSSR count). The third-order valence-electron chi connectivity index (χ3n) is 15.6. The van der Waals surface area contributed by atoms with Crippen LogP contribution in [0.4, 0.5) is 11.4 Å². The number of hydrogen-bond donors (Lipinski definition) is 0. The van der Waals surface area contributed by atoms with Crippen LogP contribution in [0.3, 0.4) is 0 Å². The maximum Gasteiger partial charge on any atom is 0.329 e. The first-order valence-electron chi connectivity index (χ1n) is 28.2. The molecule has 0 N–H and O–H groups in total. The number of benzene rings is 2. The first-order chi connectivity index (χ1) is 37.4. The van der Waals surface area contributed by atoms with Gasteiger partial charge in [-0.25, -0.2) is 19.2 Å². The Morgan fingerprint density at radius 1 is 0.430 bits per heavy atom. The van der Waals surface area contributed by atoms with E-state index in [4.69, 9.17) is 28.4 Å². The number of ether oxygens (including phenoxy) is 6. The minimum atomic E-state index is -1.51. The molecular weight excluding hydrogens is 1020 g/mol. The second kappa shape index (κ2) is 28.2. The van der Waals surface area contributed by atoms with Gasteiger partial charge >= 0.3 is 23.9 Å². The first-order valence-corrected chi connectivity index (χ1v) is 28.2. The summed E-state index contributed by atoms with van der Waals surface area (Å²) in [6.07, 6.45) is -5.32. The van der Waals surface area contributed by atoms with Crippen LogP contribution in [0.5, 0.6) is 0 Å². The van der Waals surface area contributed by atoms with Crippen LogP contribution in [0, 0.1) is 23.7 Å². The Hall–Kier alpha value is -6.28. The predicted octanol–water partition coefficient (Wildman–Crippen LogP) is 4.70. The topological polar surface area (TPSA) is 211 Å². The van der Waals surface area contributed by atoms with E-state index in [1.54, 1.807) is 0 Å². The molecule has 10 unspecified atom stereocenters. The van der Waals surface area contributed by atoms with Crippen LogP contribution in [-0.2, 0) is 79.6 Å². The molecule has 2 aromatic carbocycles. The SMILES string of the molecule is CC(C)CC1C(=O)OC(Cc2ccc(N3CCOCC3)cc2)C(=O)N(C)C2CC(C)CC(C)CC(C(=O)OC(Cc3ccc(N4CCOCC4)cc3)C(=O)N(C)C(CC(C)C)C(=O)OC(C)C(=O)N1C)N(C)C(=O)C(C)OC2=O. The fourth-order valence-corrected chi connectivity index (χ4v) is 11.0. The van der Waals surface area contributed by atoms with E-state index in [0.717, 1.165) is 16.3 Å². The maximum absolute atomic E-state index is 15.1. The van der Waals surface area contributed by atoms with Crippen molar-refractivity contribution in [3.8, 4) is 0 Å². The molecule has 0 saturated carbocycles. The number of likely N-dealkylation sites (N-methyl/N-ethyl adjacent to an activating group) is 4. The first kappa shape index (κ1) is 61.9. The summed E-state index contributed by atoms with van der Waals surface area (Å²) in [6, 6.07) is 10.0. The van der Waals surface area contributed by atoms with Gasteiger partial charge in [-0.1, -0.05) is 65.8 Å². The number of hydrogen-bond acceptors (Lipinski definition) is 16. The van der Waals surface area contributed by atoms with Crippen LogP contribution >= 0.6 is 0 Å². The maximum atomic E-state index is 15.1. The van der Waals surface area contributed by atoms with E-state index in [9.17, 15) is 28.8 Å². The lowest BCUT2D eigenvalue weighted by Crippen LogP contribution is -2.55. The summed E-state index contributed by atoms with van der Waals surface area (Å²) in [4.78, 5) is 127. The predicted molar refractivity (Wildman–Crippen MR) is 295 cm³/mol. The Morgan fingerprint density at radius 2 is 0.759 bits per heavy atom. The molecule has 5 aliphatic heterocycles. The number of rotatable bonds is 10. The van der Waals surface area contributed by atoms with Crippen molar-refractivity contribution < 1.29 is 66.8 Å². The average Bonchev–Trinajstić information content (AvgIpc) is 3.44. The van der Waals surface area contributed by atoms with E-state index in [2.05, 4.69) is 9.80 Å². The summed E-state index contributed by atoms with van der Waals surface area (Å²) < 4.78 is 35.4. The highest BCUT2D eigenvalue weighted by atomic mass is 16.6. The number of amides is 4.